The maximum atomic E-state index is 12.4. The monoisotopic (exact) mass is 360 g/mol. The van der Waals surface area contributed by atoms with Crippen molar-refractivity contribution in [2.45, 2.75) is 38.4 Å². The number of carbonyl (C=O) groups excluding carboxylic acids is 1. The van der Waals surface area contributed by atoms with Crippen LogP contribution in [0, 0.1) is 13.8 Å². The molecule has 0 N–H and O–H groups in total. The number of hydrogen-bond donors (Lipinski definition) is 0. The van der Waals surface area contributed by atoms with Crippen LogP contribution in [-0.2, 0) is 4.74 Å². The standard InChI is InChI=1S/C17H20N4O3S/c1-11-3-5-18-16(19-11)24-13-4-6-23-17(7-13)9-21(10-17)15(22)14-8-25-12(2)20-14/h3,5,8,13H,4,6-7,9-10H2,1-2H3/t13-/m0/s1. The SMILES string of the molecule is Cc1ccnc(O[C@H]2CCOC3(C2)CN(C(=O)c2csc(C)n2)C3)n1. The van der Waals surface area contributed by atoms with E-state index in [9.17, 15) is 4.79 Å². The topological polar surface area (TPSA) is 77.4 Å². The van der Waals surface area contributed by atoms with Gasteiger partial charge in [-0.2, -0.15) is 0 Å². The van der Waals surface area contributed by atoms with E-state index >= 15 is 0 Å². The van der Waals surface area contributed by atoms with Gasteiger partial charge >= 0.3 is 6.01 Å². The van der Waals surface area contributed by atoms with Crippen LogP contribution in [0.4, 0.5) is 0 Å². The third-order valence-corrected chi connectivity index (χ3v) is 5.35. The minimum absolute atomic E-state index is 0.00863. The van der Waals surface area contributed by atoms with Gasteiger partial charge in [0, 0.05) is 30.1 Å². The Hall–Kier alpha value is -2.06. The summed E-state index contributed by atoms with van der Waals surface area (Å²) in [6.07, 6.45) is 3.25. The molecule has 25 heavy (non-hydrogen) atoms. The minimum Gasteiger partial charge on any atom is -0.460 e. The van der Waals surface area contributed by atoms with Gasteiger partial charge in [-0.15, -0.1) is 11.3 Å². The molecule has 0 bridgehead atoms. The van der Waals surface area contributed by atoms with E-state index in [-0.39, 0.29) is 17.6 Å². The first-order chi connectivity index (χ1) is 12.0. The average molecular weight is 360 g/mol. The number of carbonyl (C=O) groups is 1. The number of ether oxygens (including phenoxy) is 2. The first kappa shape index (κ1) is 16.4. The highest BCUT2D eigenvalue weighted by molar-refractivity contribution is 7.09. The molecule has 2 aliphatic rings. The second-order valence-corrected chi connectivity index (χ2v) is 7.72. The maximum absolute atomic E-state index is 12.4. The molecule has 2 aromatic heterocycles. The zero-order valence-electron chi connectivity index (χ0n) is 14.3. The summed E-state index contributed by atoms with van der Waals surface area (Å²) in [7, 11) is 0. The van der Waals surface area contributed by atoms with Crippen molar-refractivity contribution in [2.24, 2.45) is 0 Å². The predicted molar refractivity (Wildman–Crippen MR) is 91.9 cm³/mol. The van der Waals surface area contributed by atoms with Crippen LogP contribution in [0.15, 0.2) is 17.6 Å². The van der Waals surface area contributed by atoms with E-state index in [1.165, 1.54) is 11.3 Å². The molecule has 8 heteroatoms. The lowest BCUT2D eigenvalue weighted by molar-refractivity contribution is -0.174. The number of thiazole rings is 1. The van der Waals surface area contributed by atoms with E-state index in [1.54, 1.807) is 11.1 Å². The quantitative estimate of drug-likeness (QED) is 0.833. The van der Waals surface area contributed by atoms with Crippen LogP contribution in [-0.4, -0.2) is 57.2 Å². The summed E-state index contributed by atoms with van der Waals surface area (Å²) in [5.74, 6) is -0.0244. The van der Waals surface area contributed by atoms with Crippen LogP contribution >= 0.6 is 11.3 Å². The zero-order chi connectivity index (χ0) is 17.4. The van der Waals surface area contributed by atoms with Crippen molar-refractivity contribution in [2.75, 3.05) is 19.7 Å². The fraction of sp³-hybridized carbons (Fsp3) is 0.529. The van der Waals surface area contributed by atoms with E-state index in [4.69, 9.17) is 9.47 Å². The Labute approximate surface area is 150 Å². The normalized spacial score (nSPS) is 21.8. The van der Waals surface area contributed by atoms with Gasteiger partial charge in [0.25, 0.3) is 5.91 Å². The lowest BCUT2D eigenvalue weighted by atomic mass is 9.84. The molecule has 1 atom stereocenters. The molecule has 7 nitrogen and oxygen atoms in total. The molecule has 132 valence electrons. The number of nitrogens with zero attached hydrogens (tertiary/aromatic N) is 4. The number of likely N-dealkylation sites (tertiary alicyclic amines) is 1. The molecule has 0 aliphatic carbocycles. The Kier molecular flexibility index (Phi) is 4.16. The lowest BCUT2D eigenvalue weighted by Gasteiger charge is -2.52. The van der Waals surface area contributed by atoms with E-state index in [0.29, 0.717) is 31.4 Å². The highest BCUT2D eigenvalue weighted by atomic mass is 32.1. The summed E-state index contributed by atoms with van der Waals surface area (Å²) in [6, 6.07) is 2.25. The fourth-order valence-electron chi connectivity index (χ4n) is 3.35. The van der Waals surface area contributed by atoms with Crippen LogP contribution < -0.4 is 4.74 Å². The van der Waals surface area contributed by atoms with Gasteiger partial charge < -0.3 is 14.4 Å². The smallest absolute Gasteiger partial charge is 0.316 e. The molecule has 1 amide bonds. The van der Waals surface area contributed by atoms with E-state index < -0.39 is 0 Å². The zero-order valence-corrected chi connectivity index (χ0v) is 15.1. The molecule has 0 unspecified atom stereocenters. The van der Waals surface area contributed by atoms with Gasteiger partial charge in [0.1, 0.15) is 17.4 Å². The van der Waals surface area contributed by atoms with Crippen LogP contribution in [0.2, 0.25) is 0 Å². The fourth-order valence-corrected chi connectivity index (χ4v) is 3.94. The van der Waals surface area contributed by atoms with Crippen LogP contribution in [0.3, 0.4) is 0 Å². The Balaban J connectivity index is 1.37. The largest absolute Gasteiger partial charge is 0.460 e. The second-order valence-electron chi connectivity index (χ2n) is 6.66. The molecular formula is C17H20N4O3S. The Bertz CT molecular complexity index is 788. The van der Waals surface area contributed by atoms with Crippen molar-refractivity contribution in [3.05, 3.63) is 34.0 Å². The molecule has 2 aromatic rings. The lowest BCUT2D eigenvalue weighted by Crippen LogP contribution is -2.67. The van der Waals surface area contributed by atoms with Crippen molar-refractivity contribution >= 4 is 17.2 Å². The Morgan fingerprint density at radius 2 is 2.24 bits per heavy atom. The van der Waals surface area contributed by atoms with Gasteiger partial charge in [0.15, 0.2) is 0 Å². The maximum Gasteiger partial charge on any atom is 0.316 e. The Morgan fingerprint density at radius 3 is 2.96 bits per heavy atom. The van der Waals surface area contributed by atoms with Gasteiger partial charge in [-0.3, -0.25) is 4.79 Å². The highest BCUT2D eigenvalue weighted by Gasteiger charge is 2.50. The van der Waals surface area contributed by atoms with Gasteiger partial charge in [-0.05, 0) is 19.9 Å². The van der Waals surface area contributed by atoms with Gasteiger partial charge in [-0.1, -0.05) is 0 Å². The van der Waals surface area contributed by atoms with Crippen molar-refractivity contribution in [3.63, 3.8) is 0 Å². The number of rotatable bonds is 3. The molecule has 2 aliphatic heterocycles. The van der Waals surface area contributed by atoms with Gasteiger partial charge in [-0.25, -0.2) is 15.0 Å². The summed E-state index contributed by atoms with van der Waals surface area (Å²) < 4.78 is 11.9. The van der Waals surface area contributed by atoms with E-state index in [1.807, 2.05) is 25.3 Å². The van der Waals surface area contributed by atoms with Crippen molar-refractivity contribution in [3.8, 4) is 6.01 Å². The third-order valence-electron chi connectivity index (χ3n) is 4.58. The average Bonchev–Trinajstić information content (AvgIpc) is 2.99. The summed E-state index contributed by atoms with van der Waals surface area (Å²) in [5, 5.41) is 2.71. The third kappa shape index (κ3) is 3.36. The summed E-state index contributed by atoms with van der Waals surface area (Å²) >= 11 is 1.49. The molecule has 0 radical (unpaired) electrons. The number of aromatic nitrogens is 3. The van der Waals surface area contributed by atoms with E-state index in [0.717, 1.165) is 23.5 Å². The Morgan fingerprint density at radius 1 is 1.40 bits per heavy atom. The second kappa shape index (κ2) is 6.34. The number of hydrogen-bond acceptors (Lipinski definition) is 7. The first-order valence-electron chi connectivity index (χ1n) is 8.35. The summed E-state index contributed by atoms with van der Waals surface area (Å²) in [5.41, 5.74) is 1.09. The minimum atomic E-state index is -0.312. The van der Waals surface area contributed by atoms with Gasteiger partial charge in [0.2, 0.25) is 0 Å². The van der Waals surface area contributed by atoms with Crippen molar-refractivity contribution in [1.82, 2.24) is 19.9 Å². The van der Waals surface area contributed by atoms with Crippen molar-refractivity contribution in [1.29, 1.82) is 0 Å². The molecule has 4 rings (SSSR count). The number of amides is 1. The van der Waals surface area contributed by atoms with Crippen LogP contribution in [0.1, 0.15) is 34.0 Å². The van der Waals surface area contributed by atoms with Crippen LogP contribution in [0.25, 0.3) is 0 Å². The molecule has 4 heterocycles. The molecule has 0 aromatic carbocycles. The highest BCUT2D eigenvalue weighted by Crippen LogP contribution is 2.36. The van der Waals surface area contributed by atoms with Gasteiger partial charge in [0.05, 0.1) is 24.7 Å². The van der Waals surface area contributed by atoms with E-state index in [2.05, 4.69) is 15.0 Å². The molecule has 1 spiro atoms. The van der Waals surface area contributed by atoms with Crippen LogP contribution in [0.5, 0.6) is 6.01 Å². The first-order valence-corrected chi connectivity index (χ1v) is 9.23. The molecular weight excluding hydrogens is 340 g/mol. The molecule has 2 saturated heterocycles. The molecule has 0 saturated carbocycles. The molecule has 2 fully saturated rings. The summed E-state index contributed by atoms with van der Waals surface area (Å²) in [4.78, 5) is 27.0. The predicted octanol–water partition coefficient (Wildman–Crippen LogP) is 2.00. The summed E-state index contributed by atoms with van der Waals surface area (Å²) in [6.45, 7) is 5.59. The van der Waals surface area contributed by atoms with Crippen molar-refractivity contribution < 1.29 is 14.3 Å². The number of aryl methyl sites for hydroxylation is 2.